The van der Waals surface area contributed by atoms with Crippen LogP contribution in [0.1, 0.15) is 79.5 Å². The fourth-order valence-electron chi connectivity index (χ4n) is 11.8. The highest BCUT2D eigenvalue weighted by Gasteiger charge is 2.37. The van der Waals surface area contributed by atoms with E-state index in [1.807, 2.05) is 0 Å². The second-order valence-corrected chi connectivity index (χ2v) is 20.2. The maximum atomic E-state index is 2.45. The Balaban J connectivity index is 0.977. The van der Waals surface area contributed by atoms with E-state index in [-0.39, 0.29) is 16.7 Å². The second kappa shape index (κ2) is 16.4. The average molecular weight is 889 g/mol. The topological polar surface area (TPSA) is 6.48 Å². The molecule has 334 valence electrons. The van der Waals surface area contributed by atoms with Crippen LogP contribution >= 0.6 is 0 Å². The summed E-state index contributed by atoms with van der Waals surface area (Å²) in [6, 6.07) is 83.5. The Morgan fingerprint density at radius 2 is 0.754 bits per heavy atom. The lowest BCUT2D eigenvalue weighted by Crippen LogP contribution is -2.15. The molecular formula is C67H56N2. The van der Waals surface area contributed by atoms with Crippen LogP contribution in [-0.4, -0.2) is 0 Å². The maximum absolute atomic E-state index is 2.45. The number of aryl methyl sites for hydroxylation is 1. The minimum Gasteiger partial charge on any atom is -0.310 e. The van der Waals surface area contributed by atoms with E-state index in [1.54, 1.807) is 0 Å². The summed E-state index contributed by atoms with van der Waals surface area (Å²) in [5, 5.41) is 2.43. The zero-order valence-corrected chi connectivity index (χ0v) is 40.3. The first-order valence-electron chi connectivity index (χ1n) is 24.5. The van der Waals surface area contributed by atoms with Crippen molar-refractivity contribution in [1.29, 1.82) is 0 Å². The molecule has 0 aliphatic heterocycles. The molecule has 10 aromatic rings. The standard InChI is InChI=1S/C67H56N2/c1-44-38-48-39-51(68(49-22-12-8-13-23-49)53-33-36-64-60(42-53)56-26-16-18-28-62(56)66(64,3)4)31-30-47(48)40-58(44)55-35-32-52(41-59(55)45(2)46-20-10-7-11-21-46)69(50-24-14-9-15-25-50)54-34-37-65-61(43-54)57-27-17-19-29-63(57)67(65,5)6/h7-43,45H,1-6H3. The van der Waals surface area contributed by atoms with Crippen LogP contribution in [0.25, 0.3) is 44.2 Å². The molecule has 0 fully saturated rings. The van der Waals surface area contributed by atoms with E-state index >= 15 is 0 Å². The Labute approximate surface area is 407 Å². The fourth-order valence-corrected chi connectivity index (χ4v) is 11.8. The summed E-state index contributed by atoms with van der Waals surface area (Å²) >= 11 is 0. The molecular weight excluding hydrogens is 833 g/mol. The summed E-state index contributed by atoms with van der Waals surface area (Å²) < 4.78 is 0. The number of hydrogen-bond donors (Lipinski definition) is 0. The lowest BCUT2D eigenvalue weighted by Gasteiger charge is -2.29. The average Bonchev–Trinajstić information content (AvgIpc) is 3.75. The van der Waals surface area contributed by atoms with Gasteiger partial charge in [-0.15, -0.1) is 0 Å². The van der Waals surface area contributed by atoms with Crippen molar-refractivity contribution >= 4 is 44.9 Å². The quantitative estimate of drug-likeness (QED) is 0.142. The zero-order valence-electron chi connectivity index (χ0n) is 40.3. The first-order valence-corrected chi connectivity index (χ1v) is 24.5. The third-order valence-electron chi connectivity index (χ3n) is 15.5. The van der Waals surface area contributed by atoms with E-state index in [1.165, 1.54) is 83.1 Å². The minimum absolute atomic E-state index is 0.0480. The van der Waals surface area contributed by atoms with Crippen LogP contribution in [0, 0.1) is 6.92 Å². The molecule has 0 saturated carbocycles. The van der Waals surface area contributed by atoms with Gasteiger partial charge in [0.25, 0.3) is 0 Å². The van der Waals surface area contributed by atoms with Crippen molar-refractivity contribution in [3.8, 4) is 33.4 Å². The normalized spacial score (nSPS) is 14.1. The molecule has 2 heteroatoms. The van der Waals surface area contributed by atoms with E-state index < -0.39 is 0 Å². The molecule has 69 heavy (non-hydrogen) atoms. The molecule has 0 radical (unpaired) electrons. The van der Waals surface area contributed by atoms with Crippen molar-refractivity contribution in [3.63, 3.8) is 0 Å². The summed E-state index contributed by atoms with van der Waals surface area (Å²) in [6.07, 6.45) is 0. The Bertz CT molecular complexity index is 3590. The Hall–Kier alpha value is -7.94. The Morgan fingerprint density at radius 1 is 0.319 bits per heavy atom. The lowest BCUT2D eigenvalue weighted by atomic mass is 9.82. The number of anilines is 6. The fraction of sp³-hybridized carbons (Fsp3) is 0.134. The van der Waals surface area contributed by atoms with Gasteiger partial charge in [-0.2, -0.15) is 0 Å². The third-order valence-corrected chi connectivity index (χ3v) is 15.5. The molecule has 2 aliphatic carbocycles. The summed E-state index contributed by atoms with van der Waals surface area (Å²) in [5.41, 5.74) is 23.9. The number of benzene rings is 10. The molecule has 1 atom stereocenters. The Morgan fingerprint density at radius 3 is 1.30 bits per heavy atom. The van der Waals surface area contributed by atoms with Crippen LogP contribution in [0.4, 0.5) is 34.1 Å². The number of nitrogens with zero attached hydrogens (tertiary/aromatic N) is 2. The lowest BCUT2D eigenvalue weighted by molar-refractivity contribution is 0.660. The van der Waals surface area contributed by atoms with Gasteiger partial charge >= 0.3 is 0 Å². The van der Waals surface area contributed by atoms with E-state index in [2.05, 4.69) is 276 Å². The van der Waals surface area contributed by atoms with Gasteiger partial charge in [0.15, 0.2) is 0 Å². The van der Waals surface area contributed by atoms with Gasteiger partial charge in [-0.25, -0.2) is 0 Å². The van der Waals surface area contributed by atoms with Crippen LogP contribution in [0.5, 0.6) is 0 Å². The van der Waals surface area contributed by atoms with E-state index in [0.29, 0.717) is 0 Å². The molecule has 12 rings (SSSR count). The smallest absolute Gasteiger partial charge is 0.0468 e. The highest BCUT2D eigenvalue weighted by atomic mass is 15.1. The van der Waals surface area contributed by atoms with Crippen LogP contribution < -0.4 is 9.80 Å². The molecule has 0 amide bonds. The molecule has 0 aromatic heterocycles. The third kappa shape index (κ3) is 7.00. The SMILES string of the molecule is Cc1cc2cc(N(c3ccccc3)c3ccc4c(c3)-c3ccccc3C4(C)C)ccc2cc1-c1ccc(N(c2ccccc2)c2ccc3c(c2)-c2ccccc2C3(C)C)cc1C(C)c1ccccc1. The highest BCUT2D eigenvalue weighted by molar-refractivity contribution is 5.95. The van der Waals surface area contributed by atoms with E-state index in [4.69, 9.17) is 0 Å². The van der Waals surface area contributed by atoms with Gasteiger partial charge in [0.1, 0.15) is 0 Å². The predicted octanol–water partition coefficient (Wildman–Crippen LogP) is 18.5. The molecule has 0 spiro atoms. The van der Waals surface area contributed by atoms with Gasteiger partial charge in [0.05, 0.1) is 0 Å². The van der Waals surface area contributed by atoms with Crippen molar-refractivity contribution in [1.82, 2.24) is 0 Å². The zero-order chi connectivity index (χ0) is 47.0. The summed E-state index contributed by atoms with van der Waals surface area (Å²) in [5.74, 6) is 0.133. The molecule has 2 aliphatic rings. The van der Waals surface area contributed by atoms with Crippen LogP contribution in [-0.2, 0) is 10.8 Å². The van der Waals surface area contributed by atoms with E-state index in [0.717, 1.165) is 34.1 Å². The van der Waals surface area contributed by atoms with Crippen molar-refractivity contribution in [2.45, 2.75) is 58.3 Å². The van der Waals surface area contributed by atoms with Gasteiger partial charge in [-0.3, -0.25) is 0 Å². The molecule has 0 heterocycles. The maximum Gasteiger partial charge on any atom is 0.0468 e. The monoisotopic (exact) mass is 888 g/mol. The van der Waals surface area contributed by atoms with Crippen molar-refractivity contribution in [2.75, 3.05) is 9.80 Å². The predicted molar refractivity (Wildman–Crippen MR) is 293 cm³/mol. The van der Waals surface area contributed by atoms with Crippen molar-refractivity contribution in [2.24, 2.45) is 0 Å². The molecule has 0 N–H and O–H groups in total. The first kappa shape index (κ1) is 42.4. The first-order chi connectivity index (χ1) is 33.6. The summed E-state index contributed by atoms with van der Waals surface area (Å²) in [4.78, 5) is 4.85. The van der Waals surface area contributed by atoms with Gasteiger partial charge < -0.3 is 9.80 Å². The van der Waals surface area contributed by atoms with Crippen molar-refractivity contribution < 1.29 is 0 Å². The van der Waals surface area contributed by atoms with Crippen LogP contribution in [0.2, 0.25) is 0 Å². The van der Waals surface area contributed by atoms with Crippen molar-refractivity contribution in [3.05, 3.63) is 263 Å². The number of hydrogen-bond acceptors (Lipinski definition) is 2. The van der Waals surface area contributed by atoms with Gasteiger partial charge in [0.2, 0.25) is 0 Å². The second-order valence-electron chi connectivity index (χ2n) is 20.2. The molecule has 2 nitrogen and oxygen atoms in total. The van der Waals surface area contributed by atoms with Gasteiger partial charge in [-0.05, 0) is 169 Å². The molecule has 10 aromatic carbocycles. The number of rotatable bonds is 9. The highest BCUT2D eigenvalue weighted by Crippen LogP contribution is 2.53. The molecule has 0 bridgehead atoms. The minimum atomic E-state index is -0.0599. The van der Waals surface area contributed by atoms with Crippen LogP contribution in [0.3, 0.4) is 0 Å². The van der Waals surface area contributed by atoms with E-state index in [9.17, 15) is 0 Å². The number of para-hydroxylation sites is 2. The summed E-state index contributed by atoms with van der Waals surface area (Å²) in [7, 11) is 0. The van der Waals surface area contributed by atoms with Crippen LogP contribution in [0.15, 0.2) is 224 Å². The van der Waals surface area contributed by atoms with Gasteiger partial charge in [0, 0.05) is 50.9 Å². The largest absolute Gasteiger partial charge is 0.310 e. The Kier molecular flexibility index (Phi) is 10.1. The van der Waals surface area contributed by atoms with Gasteiger partial charge in [-0.1, -0.05) is 180 Å². The molecule has 1 unspecified atom stereocenters. The number of fused-ring (bicyclic) bond motifs is 7. The molecule has 0 saturated heterocycles. The summed E-state index contributed by atoms with van der Waals surface area (Å²) in [6.45, 7) is 14.0.